The predicted molar refractivity (Wildman–Crippen MR) is 59.6 cm³/mol. The van der Waals surface area contributed by atoms with Gasteiger partial charge in [-0.05, 0) is 43.0 Å². The lowest BCUT2D eigenvalue weighted by atomic mass is 10.1. The van der Waals surface area contributed by atoms with Crippen molar-refractivity contribution in [2.24, 2.45) is 0 Å². The molecule has 0 saturated heterocycles. The van der Waals surface area contributed by atoms with Crippen LogP contribution in [0.2, 0.25) is 0 Å². The van der Waals surface area contributed by atoms with Crippen molar-refractivity contribution in [3.63, 3.8) is 0 Å². The molecule has 0 aromatic heterocycles. The fourth-order valence-electron chi connectivity index (χ4n) is 1.26. The molecule has 0 spiro atoms. The molecule has 0 aliphatic heterocycles. The Labute approximate surface area is 89.1 Å². The Bertz CT molecular complexity index is 427. The quantitative estimate of drug-likeness (QED) is 0.570. The molecule has 0 saturated carbocycles. The third kappa shape index (κ3) is 3.03. The highest BCUT2D eigenvalue weighted by atomic mass is 16.3. The topological polar surface area (TPSA) is 49.3 Å². The molecule has 2 N–H and O–H groups in total. The number of carbonyl (C=O) groups excluding carboxylic acids is 1. The monoisotopic (exact) mass is 203 g/mol. The zero-order chi connectivity index (χ0) is 11.3. The summed E-state index contributed by atoms with van der Waals surface area (Å²) >= 11 is 0. The molecule has 0 aliphatic rings. The second-order valence-corrected chi connectivity index (χ2v) is 3.02. The van der Waals surface area contributed by atoms with Gasteiger partial charge in [0.1, 0.15) is 5.75 Å². The van der Waals surface area contributed by atoms with Crippen LogP contribution < -0.4 is 5.32 Å². The maximum absolute atomic E-state index is 11.2. The second kappa shape index (κ2) is 5.06. The average Bonchev–Trinajstić information content (AvgIpc) is 2.21. The van der Waals surface area contributed by atoms with Gasteiger partial charge in [0, 0.05) is 5.69 Å². The third-order valence-electron chi connectivity index (χ3n) is 1.96. The summed E-state index contributed by atoms with van der Waals surface area (Å²) in [5.74, 6) is 4.79. The summed E-state index contributed by atoms with van der Waals surface area (Å²) in [6.45, 7) is 3.56. The van der Waals surface area contributed by atoms with Gasteiger partial charge in [0.25, 0.3) is 5.91 Å². The fourth-order valence-corrected chi connectivity index (χ4v) is 1.26. The second-order valence-electron chi connectivity index (χ2n) is 3.02. The average molecular weight is 203 g/mol. The van der Waals surface area contributed by atoms with E-state index in [-0.39, 0.29) is 11.7 Å². The van der Waals surface area contributed by atoms with Crippen LogP contribution in [0.15, 0.2) is 18.2 Å². The normalized spacial score (nSPS) is 8.93. The van der Waals surface area contributed by atoms with Gasteiger partial charge in [0.15, 0.2) is 0 Å². The van der Waals surface area contributed by atoms with E-state index in [1.165, 1.54) is 6.07 Å². The minimum absolute atomic E-state index is 0.200. The summed E-state index contributed by atoms with van der Waals surface area (Å²) in [6, 6.07) is 4.84. The van der Waals surface area contributed by atoms with Crippen molar-refractivity contribution in [3.8, 4) is 17.6 Å². The van der Waals surface area contributed by atoms with Gasteiger partial charge in [0.2, 0.25) is 0 Å². The van der Waals surface area contributed by atoms with Crippen molar-refractivity contribution in [1.82, 2.24) is 0 Å². The standard InChI is InChI=1S/C12H13NO2/c1-3-5-12(15)13-11-7-6-10(14)8-9(11)4-2/h6-8,14H,4H2,1-2H3,(H,13,15). The first-order chi connectivity index (χ1) is 7.17. The summed E-state index contributed by atoms with van der Waals surface area (Å²) in [7, 11) is 0. The molecule has 3 nitrogen and oxygen atoms in total. The largest absolute Gasteiger partial charge is 0.508 e. The number of anilines is 1. The Morgan fingerprint density at radius 3 is 2.87 bits per heavy atom. The van der Waals surface area contributed by atoms with E-state index in [0.29, 0.717) is 5.69 Å². The van der Waals surface area contributed by atoms with E-state index in [9.17, 15) is 9.90 Å². The predicted octanol–water partition coefficient (Wildman–Crippen LogP) is 1.92. The van der Waals surface area contributed by atoms with Crippen molar-refractivity contribution in [2.75, 3.05) is 5.32 Å². The minimum atomic E-state index is -0.335. The molecule has 1 aromatic carbocycles. The molecule has 0 bridgehead atoms. The molecular weight excluding hydrogens is 190 g/mol. The Kier molecular flexibility index (Phi) is 3.75. The highest BCUT2D eigenvalue weighted by Crippen LogP contribution is 2.21. The summed E-state index contributed by atoms with van der Waals surface area (Å²) in [5.41, 5.74) is 1.59. The van der Waals surface area contributed by atoms with Gasteiger partial charge in [-0.25, -0.2) is 0 Å². The first-order valence-electron chi connectivity index (χ1n) is 4.73. The summed E-state index contributed by atoms with van der Waals surface area (Å²) in [4.78, 5) is 11.2. The van der Waals surface area contributed by atoms with Crippen LogP contribution in [-0.2, 0) is 11.2 Å². The molecule has 1 aromatic rings. The number of hydrogen-bond acceptors (Lipinski definition) is 2. The maximum atomic E-state index is 11.2. The van der Waals surface area contributed by atoms with Crippen LogP contribution in [0.5, 0.6) is 5.75 Å². The highest BCUT2D eigenvalue weighted by molar-refractivity contribution is 6.04. The van der Waals surface area contributed by atoms with E-state index < -0.39 is 0 Å². The number of aromatic hydroxyl groups is 1. The number of rotatable bonds is 2. The van der Waals surface area contributed by atoms with Gasteiger partial charge in [-0.15, -0.1) is 0 Å². The Balaban J connectivity index is 2.92. The number of carbonyl (C=O) groups is 1. The summed E-state index contributed by atoms with van der Waals surface area (Å²) in [5, 5.41) is 11.9. The van der Waals surface area contributed by atoms with E-state index in [4.69, 9.17) is 0 Å². The SMILES string of the molecule is CC#CC(=O)Nc1ccc(O)cc1CC. The van der Waals surface area contributed by atoms with Gasteiger partial charge in [-0.1, -0.05) is 12.8 Å². The highest BCUT2D eigenvalue weighted by Gasteiger charge is 2.04. The van der Waals surface area contributed by atoms with E-state index in [1.54, 1.807) is 19.1 Å². The Hall–Kier alpha value is -1.95. The number of benzene rings is 1. The number of nitrogens with one attached hydrogen (secondary N) is 1. The van der Waals surface area contributed by atoms with Crippen molar-refractivity contribution < 1.29 is 9.90 Å². The van der Waals surface area contributed by atoms with Crippen molar-refractivity contribution >= 4 is 11.6 Å². The Morgan fingerprint density at radius 1 is 1.53 bits per heavy atom. The van der Waals surface area contributed by atoms with E-state index >= 15 is 0 Å². The lowest BCUT2D eigenvalue weighted by Crippen LogP contribution is -2.10. The molecule has 0 aliphatic carbocycles. The fraction of sp³-hybridized carbons (Fsp3) is 0.250. The smallest absolute Gasteiger partial charge is 0.300 e. The van der Waals surface area contributed by atoms with Crippen LogP contribution >= 0.6 is 0 Å². The molecule has 15 heavy (non-hydrogen) atoms. The van der Waals surface area contributed by atoms with Crippen molar-refractivity contribution in [3.05, 3.63) is 23.8 Å². The van der Waals surface area contributed by atoms with Crippen molar-refractivity contribution in [1.29, 1.82) is 0 Å². The number of phenols is 1. The molecule has 78 valence electrons. The Morgan fingerprint density at radius 2 is 2.27 bits per heavy atom. The van der Waals surface area contributed by atoms with Gasteiger partial charge in [-0.2, -0.15) is 0 Å². The third-order valence-corrected chi connectivity index (χ3v) is 1.96. The van der Waals surface area contributed by atoms with Crippen LogP contribution in [0, 0.1) is 11.8 Å². The van der Waals surface area contributed by atoms with Crippen LogP contribution in [0.25, 0.3) is 0 Å². The lowest BCUT2D eigenvalue weighted by molar-refractivity contribution is -0.111. The van der Waals surface area contributed by atoms with Gasteiger partial charge in [0.05, 0.1) is 0 Å². The van der Waals surface area contributed by atoms with Crippen LogP contribution in [0.3, 0.4) is 0 Å². The van der Waals surface area contributed by atoms with Crippen LogP contribution in [-0.4, -0.2) is 11.0 Å². The molecule has 0 heterocycles. The molecule has 0 unspecified atom stereocenters. The van der Waals surface area contributed by atoms with Gasteiger partial charge >= 0.3 is 0 Å². The molecule has 0 radical (unpaired) electrons. The summed E-state index contributed by atoms with van der Waals surface area (Å²) < 4.78 is 0. The van der Waals surface area contributed by atoms with Gasteiger partial charge in [-0.3, -0.25) is 4.79 Å². The molecular formula is C12H13NO2. The van der Waals surface area contributed by atoms with E-state index in [1.807, 2.05) is 6.92 Å². The van der Waals surface area contributed by atoms with Gasteiger partial charge < -0.3 is 10.4 Å². The number of aryl methyl sites for hydroxylation is 1. The zero-order valence-corrected chi connectivity index (χ0v) is 8.79. The van der Waals surface area contributed by atoms with Crippen LogP contribution in [0.4, 0.5) is 5.69 Å². The maximum Gasteiger partial charge on any atom is 0.300 e. The minimum Gasteiger partial charge on any atom is -0.508 e. The molecule has 1 rings (SSSR count). The molecule has 1 amide bonds. The number of amides is 1. The van der Waals surface area contributed by atoms with E-state index in [2.05, 4.69) is 17.2 Å². The molecule has 0 atom stereocenters. The zero-order valence-electron chi connectivity index (χ0n) is 8.79. The van der Waals surface area contributed by atoms with Crippen molar-refractivity contribution in [2.45, 2.75) is 20.3 Å². The lowest BCUT2D eigenvalue weighted by Gasteiger charge is -2.07. The van der Waals surface area contributed by atoms with E-state index in [0.717, 1.165) is 12.0 Å². The van der Waals surface area contributed by atoms with Crippen LogP contribution in [0.1, 0.15) is 19.4 Å². The molecule has 3 heteroatoms. The summed E-state index contributed by atoms with van der Waals surface area (Å²) in [6.07, 6.45) is 0.740. The first-order valence-corrected chi connectivity index (χ1v) is 4.73. The first kappa shape index (κ1) is 11.1. The molecule has 0 fully saturated rings. The number of phenolic OH excluding ortho intramolecular Hbond substituents is 1. The number of hydrogen-bond donors (Lipinski definition) is 2.